The molecular weight excluding hydrogens is 237 g/mol. The molecule has 0 aromatic heterocycles. The standard InChI is InChI=1S/C17H26FN/c1-4-19-12-13-9-10-17(2,3)11-15(13)14-7-5-6-8-16(14)18/h5-8,13,15,19H,4,9-12H2,1-3H3. The van der Waals surface area contributed by atoms with Crippen LogP contribution in [-0.4, -0.2) is 13.1 Å². The van der Waals surface area contributed by atoms with Crippen molar-refractivity contribution < 1.29 is 4.39 Å². The summed E-state index contributed by atoms with van der Waals surface area (Å²) in [6.45, 7) is 8.75. The van der Waals surface area contributed by atoms with Crippen molar-refractivity contribution in [3.8, 4) is 0 Å². The van der Waals surface area contributed by atoms with E-state index in [-0.39, 0.29) is 5.82 Å². The maximum Gasteiger partial charge on any atom is 0.126 e. The van der Waals surface area contributed by atoms with Crippen molar-refractivity contribution in [2.75, 3.05) is 13.1 Å². The van der Waals surface area contributed by atoms with E-state index in [0.29, 0.717) is 17.3 Å². The molecule has 0 bridgehead atoms. The molecule has 1 N–H and O–H groups in total. The largest absolute Gasteiger partial charge is 0.317 e. The van der Waals surface area contributed by atoms with Crippen molar-refractivity contribution in [1.29, 1.82) is 0 Å². The van der Waals surface area contributed by atoms with Gasteiger partial charge in [-0.25, -0.2) is 4.39 Å². The summed E-state index contributed by atoms with van der Waals surface area (Å²) < 4.78 is 14.1. The first-order chi connectivity index (χ1) is 9.03. The average Bonchev–Trinajstić information content (AvgIpc) is 2.37. The zero-order valence-electron chi connectivity index (χ0n) is 12.4. The van der Waals surface area contributed by atoms with Crippen molar-refractivity contribution in [3.63, 3.8) is 0 Å². The number of halogens is 1. The summed E-state index contributed by atoms with van der Waals surface area (Å²) in [5.41, 5.74) is 1.24. The fourth-order valence-corrected chi connectivity index (χ4v) is 3.36. The first kappa shape index (κ1) is 14.5. The summed E-state index contributed by atoms with van der Waals surface area (Å²) in [7, 11) is 0. The molecule has 0 saturated heterocycles. The Labute approximate surface area is 116 Å². The fourth-order valence-electron chi connectivity index (χ4n) is 3.36. The monoisotopic (exact) mass is 263 g/mol. The second-order valence-electron chi connectivity index (χ2n) is 6.60. The van der Waals surface area contributed by atoms with E-state index in [1.54, 1.807) is 12.1 Å². The Morgan fingerprint density at radius 3 is 2.74 bits per heavy atom. The van der Waals surface area contributed by atoms with Gasteiger partial charge in [-0.2, -0.15) is 0 Å². The number of nitrogens with one attached hydrogen (secondary N) is 1. The van der Waals surface area contributed by atoms with Crippen molar-refractivity contribution in [3.05, 3.63) is 35.6 Å². The Hall–Kier alpha value is -0.890. The first-order valence-corrected chi connectivity index (χ1v) is 7.48. The summed E-state index contributed by atoms with van der Waals surface area (Å²) in [6, 6.07) is 7.32. The smallest absolute Gasteiger partial charge is 0.126 e. The minimum Gasteiger partial charge on any atom is -0.317 e. The molecule has 0 heterocycles. The van der Waals surface area contributed by atoms with E-state index >= 15 is 0 Å². The van der Waals surface area contributed by atoms with Crippen molar-refractivity contribution in [1.82, 2.24) is 5.32 Å². The van der Waals surface area contributed by atoms with Gasteiger partial charge in [0.1, 0.15) is 5.82 Å². The van der Waals surface area contributed by atoms with Crippen LogP contribution in [-0.2, 0) is 0 Å². The van der Waals surface area contributed by atoms with Crippen molar-refractivity contribution >= 4 is 0 Å². The van der Waals surface area contributed by atoms with Crippen LogP contribution in [0.25, 0.3) is 0 Å². The Balaban J connectivity index is 2.22. The summed E-state index contributed by atoms with van der Waals surface area (Å²) >= 11 is 0. The molecule has 1 saturated carbocycles. The lowest BCUT2D eigenvalue weighted by molar-refractivity contribution is 0.158. The second-order valence-corrected chi connectivity index (χ2v) is 6.60. The molecule has 106 valence electrons. The van der Waals surface area contributed by atoms with Gasteiger partial charge < -0.3 is 5.32 Å². The molecule has 2 heteroatoms. The van der Waals surface area contributed by atoms with E-state index in [9.17, 15) is 4.39 Å². The SMILES string of the molecule is CCNCC1CCC(C)(C)CC1c1ccccc1F. The quantitative estimate of drug-likeness (QED) is 0.852. The van der Waals surface area contributed by atoms with Crippen molar-refractivity contribution in [2.45, 2.75) is 46.0 Å². The molecule has 0 amide bonds. The topological polar surface area (TPSA) is 12.0 Å². The highest BCUT2D eigenvalue weighted by Crippen LogP contribution is 2.46. The predicted molar refractivity (Wildman–Crippen MR) is 78.8 cm³/mol. The normalized spacial score (nSPS) is 26.3. The summed E-state index contributed by atoms with van der Waals surface area (Å²) in [4.78, 5) is 0. The Morgan fingerprint density at radius 1 is 1.32 bits per heavy atom. The molecule has 0 spiro atoms. The van der Waals surface area contributed by atoms with Gasteiger partial charge in [0, 0.05) is 0 Å². The molecule has 1 aromatic rings. The van der Waals surface area contributed by atoms with Gasteiger partial charge in [0.15, 0.2) is 0 Å². The minimum absolute atomic E-state index is 0.0355. The van der Waals surface area contributed by atoms with E-state index in [0.717, 1.165) is 25.1 Å². The highest BCUT2D eigenvalue weighted by molar-refractivity contribution is 5.23. The van der Waals surface area contributed by atoms with Crippen LogP contribution in [0.15, 0.2) is 24.3 Å². The Bertz CT molecular complexity index is 413. The highest BCUT2D eigenvalue weighted by Gasteiger charge is 2.36. The van der Waals surface area contributed by atoms with Gasteiger partial charge in [-0.15, -0.1) is 0 Å². The van der Waals surface area contributed by atoms with E-state index in [1.165, 1.54) is 12.8 Å². The average molecular weight is 263 g/mol. The van der Waals surface area contributed by atoms with E-state index in [2.05, 4.69) is 26.1 Å². The van der Waals surface area contributed by atoms with Gasteiger partial charge in [0.25, 0.3) is 0 Å². The predicted octanol–water partition coefficient (Wildman–Crippen LogP) is 4.35. The zero-order chi connectivity index (χ0) is 13.9. The summed E-state index contributed by atoms with van der Waals surface area (Å²) in [5, 5.41) is 3.44. The molecule has 0 aliphatic heterocycles. The van der Waals surface area contributed by atoms with Crippen LogP contribution >= 0.6 is 0 Å². The lowest BCUT2D eigenvalue weighted by atomic mass is 9.65. The summed E-state index contributed by atoms with van der Waals surface area (Å²) in [6.07, 6.45) is 3.52. The lowest BCUT2D eigenvalue weighted by Gasteiger charge is -2.41. The molecule has 1 nitrogen and oxygen atoms in total. The third kappa shape index (κ3) is 3.56. The first-order valence-electron chi connectivity index (χ1n) is 7.48. The van der Waals surface area contributed by atoms with Crippen LogP contribution in [0, 0.1) is 17.2 Å². The second kappa shape index (κ2) is 6.04. The molecule has 2 unspecified atom stereocenters. The third-order valence-electron chi connectivity index (χ3n) is 4.49. The van der Waals surface area contributed by atoms with Crippen LogP contribution in [0.4, 0.5) is 4.39 Å². The molecule has 1 fully saturated rings. The van der Waals surface area contributed by atoms with Crippen molar-refractivity contribution in [2.24, 2.45) is 11.3 Å². The van der Waals surface area contributed by atoms with Gasteiger partial charge in [-0.1, -0.05) is 39.0 Å². The van der Waals surface area contributed by atoms with E-state index in [1.807, 2.05) is 12.1 Å². The van der Waals surface area contributed by atoms with Crippen LogP contribution in [0.1, 0.15) is 51.5 Å². The molecule has 1 aliphatic carbocycles. The number of benzene rings is 1. The van der Waals surface area contributed by atoms with Gasteiger partial charge >= 0.3 is 0 Å². The highest BCUT2D eigenvalue weighted by atomic mass is 19.1. The van der Waals surface area contributed by atoms with Crippen LogP contribution in [0.2, 0.25) is 0 Å². The maximum absolute atomic E-state index is 14.1. The molecule has 2 rings (SSSR count). The Kier molecular flexibility index (Phi) is 4.62. The van der Waals surface area contributed by atoms with Gasteiger partial charge in [-0.05, 0) is 61.2 Å². The minimum atomic E-state index is -0.0355. The van der Waals surface area contributed by atoms with Gasteiger partial charge in [-0.3, -0.25) is 0 Å². The molecule has 19 heavy (non-hydrogen) atoms. The van der Waals surface area contributed by atoms with Crippen LogP contribution < -0.4 is 5.32 Å². The lowest BCUT2D eigenvalue weighted by Crippen LogP contribution is -2.35. The maximum atomic E-state index is 14.1. The number of hydrogen-bond donors (Lipinski definition) is 1. The number of hydrogen-bond acceptors (Lipinski definition) is 1. The Morgan fingerprint density at radius 2 is 2.05 bits per heavy atom. The van der Waals surface area contributed by atoms with Gasteiger partial charge in [0.05, 0.1) is 0 Å². The van der Waals surface area contributed by atoms with E-state index in [4.69, 9.17) is 0 Å². The van der Waals surface area contributed by atoms with Gasteiger partial charge in [0.2, 0.25) is 0 Å². The molecule has 1 aromatic carbocycles. The zero-order valence-corrected chi connectivity index (χ0v) is 12.4. The molecular formula is C17H26FN. The van der Waals surface area contributed by atoms with Crippen LogP contribution in [0.5, 0.6) is 0 Å². The molecule has 0 radical (unpaired) electrons. The third-order valence-corrected chi connectivity index (χ3v) is 4.49. The molecule has 1 aliphatic rings. The van der Waals surface area contributed by atoms with Crippen LogP contribution in [0.3, 0.4) is 0 Å². The summed E-state index contributed by atoms with van der Waals surface area (Å²) in [5.74, 6) is 0.876. The van der Waals surface area contributed by atoms with E-state index < -0.39 is 0 Å². The number of rotatable bonds is 4. The fraction of sp³-hybridized carbons (Fsp3) is 0.647. The molecule has 2 atom stereocenters.